The Balaban J connectivity index is 1.72. The summed E-state index contributed by atoms with van der Waals surface area (Å²) in [4.78, 5) is 14.9. The highest BCUT2D eigenvalue weighted by Gasteiger charge is 2.34. The van der Waals surface area contributed by atoms with Crippen molar-refractivity contribution in [3.63, 3.8) is 0 Å². The fourth-order valence-electron chi connectivity index (χ4n) is 3.80. The summed E-state index contributed by atoms with van der Waals surface area (Å²) in [5.41, 5.74) is 0.639. The number of carbonyl (C=O) groups excluding carboxylic acids is 1. The SMILES string of the molecule is CCCN(Cc1nnc(-c2ccccc2Cl)o1)C(=O)C1CCCN(S(=O)(=O)CCC)C1. The van der Waals surface area contributed by atoms with Crippen molar-refractivity contribution in [1.82, 2.24) is 19.4 Å². The van der Waals surface area contributed by atoms with Gasteiger partial charge >= 0.3 is 0 Å². The van der Waals surface area contributed by atoms with Crippen LogP contribution in [0.3, 0.4) is 0 Å². The third-order valence-corrected chi connectivity index (χ3v) is 7.66. The lowest BCUT2D eigenvalue weighted by Crippen LogP contribution is -2.47. The van der Waals surface area contributed by atoms with Gasteiger partial charge in [0.15, 0.2) is 0 Å². The molecule has 1 unspecified atom stereocenters. The first kappa shape index (κ1) is 23.7. The highest BCUT2D eigenvalue weighted by molar-refractivity contribution is 7.89. The maximum atomic E-state index is 13.2. The number of amides is 1. The Bertz CT molecular complexity index is 995. The van der Waals surface area contributed by atoms with Crippen molar-refractivity contribution in [3.8, 4) is 11.5 Å². The van der Waals surface area contributed by atoms with E-state index in [9.17, 15) is 13.2 Å². The number of hydrogen-bond donors (Lipinski definition) is 0. The lowest BCUT2D eigenvalue weighted by Gasteiger charge is -2.34. The number of hydrogen-bond acceptors (Lipinski definition) is 6. The number of rotatable bonds is 9. The Morgan fingerprint density at radius 1 is 1.26 bits per heavy atom. The predicted molar refractivity (Wildman–Crippen MR) is 119 cm³/mol. The van der Waals surface area contributed by atoms with Gasteiger partial charge in [0.2, 0.25) is 27.7 Å². The number of halogens is 1. The zero-order valence-corrected chi connectivity index (χ0v) is 19.5. The molecular weight excluding hydrogens is 440 g/mol. The molecule has 10 heteroatoms. The van der Waals surface area contributed by atoms with Gasteiger partial charge in [-0.3, -0.25) is 4.79 Å². The minimum Gasteiger partial charge on any atom is -0.419 e. The average molecular weight is 469 g/mol. The Morgan fingerprint density at radius 3 is 2.74 bits per heavy atom. The molecular formula is C21H29ClN4O4S. The van der Waals surface area contributed by atoms with E-state index in [1.54, 1.807) is 17.0 Å². The number of piperidine rings is 1. The van der Waals surface area contributed by atoms with E-state index in [1.807, 2.05) is 26.0 Å². The van der Waals surface area contributed by atoms with Gasteiger partial charge in [0.05, 0.1) is 28.8 Å². The summed E-state index contributed by atoms with van der Waals surface area (Å²) in [6, 6.07) is 7.19. The van der Waals surface area contributed by atoms with Gasteiger partial charge in [0.25, 0.3) is 0 Å². The molecule has 2 heterocycles. The van der Waals surface area contributed by atoms with Crippen LogP contribution in [0.4, 0.5) is 0 Å². The van der Waals surface area contributed by atoms with Crippen molar-refractivity contribution in [2.24, 2.45) is 5.92 Å². The summed E-state index contributed by atoms with van der Waals surface area (Å²) in [6.45, 7) is 5.25. The molecule has 1 aromatic heterocycles. The number of sulfonamides is 1. The molecule has 1 aliphatic heterocycles. The summed E-state index contributed by atoms with van der Waals surface area (Å²) < 4.78 is 32.2. The lowest BCUT2D eigenvalue weighted by molar-refractivity contribution is -0.137. The van der Waals surface area contributed by atoms with Crippen LogP contribution in [0.2, 0.25) is 5.02 Å². The van der Waals surface area contributed by atoms with Crippen LogP contribution >= 0.6 is 11.6 Å². The van der Waals surface area contributed by atoms with Gasteiger partial charge in [-0.15, -0.1) is 10.2 Å². The Kier molecular flexibility index (Phi) is 8.07. The van der Waals surface area contributed by atoms with E-state index >= 15 is 0 Å². The second-order valence-corrected chi connectivity index (χ2v) is 10.2. The maximum Gasteiger partial charge on any atom is 0.249 e. The molecule has 3 rings (SSSR count). The van der Waals surface area contributed by atoms with Crippen molar-refractivity contribution >= 4 is 27.5 Å². The van der Waals surface area contributed by atoms with Crippen LogP contribution < -0.4 is 0 Å². The second-order valence-electron chi connectivity index (χ2n) is 7.75. The molecule has 1 aromatic carbocycles. The second kappa shape index (κ2) is 10.6. The summed E-state index contributed by atoms with van der Waals surface area (Å²) >= 11 is 6.20. The molecule has 1 amide bonds. The highest BCUT2D eigenvalue weighted by Crippen LogP contribution is 2.27. The van der Waals surface area contributed by atoms with Gasteiger partial charge in [-0.1, -0.05) is 37.6 Å². The van der Waals surface area contributed by atoms with Crippen LogP contribution in [0.25, 0.3) is 11.5 Å². The smallest absolute Gasteiger partial charge is 0.249 e. The first-order chi connectivity index (χ1) is 14.9. The molecule has 1 fully saturated rings. The number of benzene rings is 1. The number of aromatic nitrogens is 2. The molecule has 0 aliphatic carbocycles. The normalized spacial score (nSPS) is 17.6. The Hall–Kier alpha value is -1.97. The molecule has 170 valence electrons. The zero-order chi connectivity index (χ0) is 22.4. The molecule has 0 radical (unpaired) electrons. The van der Waals surface area contributed by atoms with Crippen molar-refractivity contribution in [3.05, 3.63) is 35.2 Å². The molecule has 2 aromatic rings. The molecule has 0 N–H and O–H groups in total. The van der Waals surface area contributed by atoms with Crippen LogP contribution in [-0.2, 0) is 21.4 Å². The monoisotopic (exact) mass is 468 g/mol. The van der Waals surface area contributed by atoms with E-state index < -0.39 is 10.0 Å². The van der Waals surface area contributed by atoms with Gasteiger partial charge in [-0.05, 0) is 37.8 Å². The molecule has 0 saturated carbocycles. The molecule has 1 atom stereocenters. The van der Waals surface area contributed by atoms with E-state index in [0.717, 1.165) is 6.42 Å². The molecule has 0 bridgehead atoms. The predicted octanol–water partition coefficient (Wildman–Crippen LogP) is 3.58. The number of nitrogens with zero attached hydrogens (tertiary/aromatic N) is 4. The van der Waals surface area contributed by atoms with Crippen molar-refractivity contribution in [2.75, 3.05) is 25.4 Å². The Morgan fingerprint density at radius 2 is 2.03 bits per heavy atom. The molecule has 1 aliphatic rings. The largest absolute Gasteiger partial charge is 0.419 e. The molecule has 0 spiro atoms. The van der Waals surface area contributed by atoms with Crippen molar-refractivity contribution in [1.29, 1.82) is 0 Å². The van der Waals surface area contributed by atoms with Gasteiger partial charge < -0.3 is 9.32 Å². The van der Waals surface area contributed by atoms with Crippen LogP contribution in [0, 0.1) is 5.92 Å². The van der Waals surface area contributed by atoms with Crippen LogP contribution in [0.1, 0.15) is 45.4 Å². The van der Waals surface area contributed by atoms with Gasteiger partial charge in [0.1, 0.15) is 0 Å². The van der Waals surface area contributed by atoms with Gasteiger partial charge in [-0.25, -0.2) is 12.7 Å². The van der Waals surface area contributed by atoms with Crippen molar-refractivity contribution in [2.45, 2.75) is 46.1 Å². The van der Waals surface area contributed by atoms with Crippen molar-refractivity contribution < 1.29 is 17.6 Å². The summed E-state index contributed by atoms with van der Waals surface area (Å²) in [5, 5.41) is 8.67. The quantitative estimate of drug-likeness (QED) is 0.558. The minimum absolute atomic E-state index is 0.0734. The van der Waals surface area contributed by atoms with E-state index in [-0.39, 0.29) is 30.7 Å². The lowest BCUT2D eigenvalue weighted by atomic mass is 9.98. The van der Waals surface area contributed by atoms with Crippen LogP contribution in [0.5, 0.6) is 0 Å². The van der Waals surface area contributed by atoms with E-state index in [1.165, 1.54) is 4.31 Å². The van der Waals surface area contributed by atoms with Crippen LogP contribution in [0.15, 0.2) is 28.7 Å². The van der Waals surface area contributed by atoms with E-state index in [4.69, 9.17) is 16.0 Å². The topological polar surface area (TPSA) is 96.6 Å². The zero-order valence-electron chi connectivity index (χ0n) is 18.0. The average Bonchev–Trinajstić information content (AvgIpc) is 3.21. The Labute approximate surface area is 188 Å². The fraction of sp³-hybridized carbons (Fsp3) is 0.571. The molecule has 1 saturated heterocycles. The third kappa shape index (κ3) is 5.84. The molecule has 8 nitrogen and oxygen atoms in total. The third-order valence-electron chi connectivity index (χ3n) is 5.29. The van der Waals surface area contributed by atoms with E-state index in [0.29, 0.717) is 54.7 Å². The van der Waals surface area contributed by atoms with E-state index in [2.05, 4.69) is 10.2 Å². The number of carbonyl (C=O) groups is 1. The summed E-state index contributed by atoms with van der Waals surface area (Å²) in [7, 11) is -3.32. The fourth-order valence-corrected chi connectivity index (χ4v) is 5.61. The first-order valence-corrected chi connectivity index (χ1v) is 12.7. The molecule has 31 heavy (non-hydrogen) atoms. The summed E-state index contributed by atoms with van der Waals surface area (Å²) in [6.07, 6.45) is 2.68. The standard InChI is InChI=1S/C21H29ClN4O4S/c1-3-11-25(15-19-23-24-20(30-19)17-9-5-6-10-18(17)22)21(27)16-8-7-12-26(14-16)31(28,29)13-4-2/h5-6,9-10,16H,3-4,7-8,11-15H2,1-2H3. The minimum atomic E-state index is -3.32. The van der Waals surface area contributed by atoms with Gasteiger partial charge in [0, 0.05) is 19.6 Å². The summed E-state index contributed by atoms with van der Waals surface area (Å²) in [5.74, 6) is 0.301. The van der Waals surface area contributed by atoms with Crippen LogP contribution in [-0.4, -0.2) is 59.1 Å². The van der Waals surface area contributed by atoms with Gasteiger partial charge in [-0.2, -0.15) is 0 Å². The first-order valence-electron chi connectivity index (χ1n) is 10.7. The highest BCUT2D eigenvalue weighted by atomic mass is 35.5. The maximum absolute atomic E-state index is 13.2.